The molecule has 6 rings (SSSR count). The van der Waals surface area contributed by atoms with E-state index in [1.165, 1.54) is 49.5 Å². The lowest BCUT2D eigenvalue weighted by molar-refractivity contribution is -0.141. The monoisotopic (exact) mass is 679 g/mol. The Morgan fingerprint density at radius 2 is 1.57 bits per heavy atom. The molecule has 2 aliphatic rings. The number of sulfonamides is 1. The molecular weight excluding hydrogens is 649 g/mol. The van der Waals surface area contributed by atoms with E-state index in [0.717, 1.165) is 15.4 Å². The average molecular weight is 681 g/mol. The van der Waals surface area contributed by atoms with Crippen LogP contribution in [0.15, 0.2) is 89.8 Å². The Balaban J connectivity index is 1.67. The van der Waals surface area contributed by atoms with Crippen molar-refractivity contribution in [3.8, 4) is 11.5 Å². The van der Waals surface area contributed by atoms with Crippen LogP contribution >= 0.6 is 23.2 Å². The molecule has 0 aliphatic carbocycles. The number of likely N-dealkylation sites (N-methyl/N-ethyl adjacent to an activating group) is 1. The Bertz CT molecular complexity index is 1970. The molecule has 0 spiro atoms. The smallest absolute Gasteiger partial charge is 0.274 e. The first-order chi connectivity index (χ1) is 21.9. The number of hydrogen-bond donors (Lipinski definition) is 0. The number of fused-ring (bicyclic) bond motifs is 2. The number of nitrogens with zero attached hydrogens (tertiary/aromatic N) is 3. The lowest BCUT2D eigenvalue weighted by Gasteiger charge is -2.47. The van der Waals surface area contributed by atoms with E-state index >= 15 is 4.79 Å². The fourth-order valence-electron chi connectivity index (χ4n) is 6.48. The van der Waals surface area contributed by atoms with Crippen LogP contribution in [-0.4, -0.2) is 64.4 Å². The lowest BCUT2D eigenvalue weighted by Crippen LogP contribution is -2.62. The molecule has 0 aromatic heterocycles. The Kier molecular flexibility index (Phi) is 8.27. The second kappa shape index (κ2) is 11.9. The number of hydrogen-bond acceptors (Lipinski definition) is 7. The molecule has 4 aromatic carbocycles. The van der Waals surface area contributed by atoms with Crippen LogP contribution in [0, 0.1) is 0 Å². The van der Waals surface area contributed by atoms with Crippen molar-refractivity contribution in [2.75, 3.05) is 32.6 Å². The van der Waals surface area contributed by atoms with Gasteiger partial charge in [0.25, 0.3) is 15.9 Å². The van der Waals surface area contributed by atoms with Crippen molar-refractivity contribution in [3.63, 3.8) is 0 Å². The maximum absolute atomic E-state index is 15.4. The summed E-state index contributed by atoms with van der Waals surface area (Å²) in [5.41, 5.74) is 0.932. The van der Waals surface area contributed by atoms with Crippen LogP contribution in [0.1, 0.15) is 22.3 Å². The van der Waals surface area contributed by atoms with Crippen LogP contribution in [0.25, 0.3) is 0 Å². The zero-order chi connectivity index (χ0) is 33.0. The van der Waals surface area contributed by atoms with Crippen molar-refractivity contribution in [1.82, 2.24) is 9.80 Å². The summed E-state index contributed by atoms with van der Waals surface area (Å²) in [7, 11) is 1.50. The molecule has 0 saturated carbocycles. The van der Waals surface area contributed by atoms with Crippen LogP contribution in [0.2, 0.25) is 10.0 Å². The third kappa shape index (κ3) is 4.91. The number of halogens is 2. The van der Waals surface area contributed by atoms with E-state index in [0.29, 0.717) is 33.3 Å². The molecule has 2 amide bonds. The number of rotatable bonds is 7. The van der Waals surface area contributed by atoms with Crippen LogP contribution < -0.4 is 13.8 Å². The number of benzene rings is 4. The zero-order valence-corrected chi connectivity index (χ0v) is 27.9. The van der Waals surface area contributed by atoms with E-state index in [2.05, 4.69) is 0 Å². The first kappa shape index (κ1) is 31.9. The molecule has 2 heterocycles. The third-order valence-corrected chi connectivity index (χ3v) is 10.8. The van der Waals surface area contributed by atoms with Crippen LogP contribution in [0.4, 0.5) is 5.69 Å². The van der Waals surface area contributed by atoms with E-state index < -0.39 is 27.5 Å². The van der Waals surface area contributed by atoms with Crippen molar-refractivity contribution in [2.24, 2.45) is 0 Å². The number of carbonyl (C=O) groups excluding carboxylic acids is 2. The molecule has 12 heteroatoms. The molecule has 0 bridgehead atoms. The van der Waals surface area contributed by atoms with Gasteiger partial charge in [0.15, 0.2) is 5.54 Å². The average Bonchev–Trinajstić information content (AvgIpc) is 3.31. The molecule has 2 atom stereocenters. The minimum absolute atomic E-state index is 0.000724. The Labute approximate surface area is 277 Å². The Hall–Kier alpha value is -4.09. The van der Waals surface area contributed by atoms with Gasteiger partial charge < -0.3 is 14.4 Å². The molecular formula is C34H31Cl2N3O6S. The number of anilines is 1. The fraction of sp³-hybridized carbons (Fsp3) is 0.235. The van der Waals surface area contributed by atoms with Gasteiger partial charge in [0, 0.05) is 42.3 Å². The first-order valence-electron chi connectivity index (χ1n) is 14.4. The van der Waals surface area contributed by atoms with Gasteiger partial charge in [-0.1, -0.05) is 59.6 Å². The van der Waals surface area contributed by atoms with E-state index in [9.17, 15) is 13.2 Å². The maximum Gasteiger partial charge on any atom is 0.274 e. The minimum Gasteiger partial charge on any atom is -0.497 e. The first-order valence-corrected chi connectivity index (χ1v) is 16.6. The van der Waals surface area contributed by atoms with Gasteiger partial charge in [-0.25, -0.2) is 12.7 Å². The molecule has 4 aromatic rings. The molecule has 0 N–H and O–H groups in total. The van der Waals surface area contributed by atoms with E-state index in [1.54, 1.807) is 49.3 Å². The number of methoxy groups -OCH3 is 2. The van der Waals surface area contributed by atoms with Gasteiger partial charge in [0.05, 0.1) is 25.9 Å². The van der Waals surface area contributed by atoms with Crippen LogP contribution in [-0.2, 0) is 38.1 Å². The van der Waals surface area contributed by atoms with Gasteiger partial charge in [-0.15, -0.1) is 0 Å². The van der Waals surface area contributed by atoms with Gasteiger partial charge in [-0.05, 0) is 65.6 Å². The summed E-state index contributed by atoms with van der Waals surface area (Å²) in [5.74, 6) is -0.652. The van der Waals surface area contributed by atoms with Gasteiger partial charge in [-0.3, -0.25) is 14.5 Å². The normalized spacial score (nSPS) is 19.4. The zero-order valence-electron chi connectivity index (χ0n) is 25.5. The largest absolute Gasteiger partial charge is 0.497 e. The summed E-state index contributed by atoms with van der Waals surface area (Å²) in [5, 5.41) is 0.715. The van der Waals surface area contributed by atoms with Gasteiger partial charge >= 0.3 is 0 Å². The number of carbonyl (C=O) groups is 2. The summed E-state index contributed by atoms with van der Waals surface area (Å²) in [6.07, 6.45) is 0.296. The molecule has 46 heavy (non-hydrogen) atoms. The molecule has 238 valence electrons. The lowest BCUT2D eigenvalue weighted by atomic mass is 9.78. The summed E-state index contributed by atoms with van der Waals surface area (Å²) in [4.78, 5) is 32.5. The Morgan fingerprint density at radius 1 is 0.891 bits per heavy atom. The highest BCUT2D eigenvalue weighted by Crippen LogP contribution is 2.54. The third-order valence-electron chi connectivity index (χ3n) is 8.62. The molecule has 2 aliphatic heterocycles. The second-order valence-corrected chi connectivity index (χ2v) is 13.9. The second-order valence-electron chi connectivity index (χ2n) is 11.3. The topological polar surface area (TPSA) is 96.5 Å². The van der Waals surface area contributed by atoms with Gasteiger partial charge in [0.1, 0.15) is 16.4 Å². The highest BCUT2D eigenvalue weighted by Gasteiger charge is 2.62. The quantitative estimate of drug-likeness (QED) is 0.254. The van der Waals surface area contributed by atoms with Crippen LogP contribution in [0.3, 0.4) is 0 Å². The highest BCUT2D eigenvalue weighted by atomic mass is 35.5. The molecule has 9 nitrogen and oxygen atoms in total. The van der Waals surface area contributed by atoms with Crippen molar-refractivity contribution in [3.05, 3.63) is 117 Å². The van der Waals surface area contributed by atoms with E-state index in [-0.39, 0.29) is 28.8 Å². The van der Waals surface area contributed by atoms with Gasteiger partial charge in [-0.2, -0.15) is 0 Å². The van der Waals surface area contributed by atoms with Crippen molar-refractivity contribution >= 4 is 50.7 Å². The van der Waals surface area contributed by atoms with Crippen LogP contribution in [0.5, 0.6) is 11.5 Å². The highest BCUT2D eigenvalue weighted by molar-refractivity contribution is 7.93. The summed E-state index contributed by atoms with van der Waals surface area (Å²) in [6, 6.07) is 22.4. The molecule has 0 radical (unpaired) electrons. The van der Waals surface area contributed by atoms with E-state index in [4.69, 9.17) is 32.7 Å². The SMILES string of the molecule is COc1ccc(S(=O)(=O)N2C(=O)C(c3ccc(Cl)cc3)(N3Cc4ccccc4C[C@H]3C(=O)N(C)C)c3cc(Cl)ccc32)c(OC)c1. The molecule has 0 saturated heterocycles. The van der Waals surface area contributed by atoms with Crippen molar-refractivity contribution in [1.29, 1.82) is 0 Å². The van der Waals surface area contributed by atoms with Gasteiger partial charge in [0.2, 0.25) is 5.91 Å². The minimum atomic E-state index is -4.61. The summed E-state index contributed by atoms with van der Waals surface area (Å²) < 4.78 is 40.9. The fourth-order valence-corrected chi connectivity index (χ4v) is 8.38. The van der Waals surface area contributed by atoms with Crippen molar-refractivity contribution < 1.29 is 27.5 Å². The van der Waals surface area contributed by atoms with Crippen molar-refractivity contribution in [2.45, 2.75) is 29.4 Å². The molecule has 0 fully saturated rings. The molecule has 1 unspecified atom stereocenters. The number of amides is 2. The predicted octanol–water partition coefficient (Wildman–Crippen LogP) is 5.50. The standard InChI is InChI=1S/C34H31Cl2N3O6S/c1-37(2)32(40)29-17-21-7-5-6-8-22(21)20-38(29)34(23-9-11-24(35)12-10-23)27-18-25(36)13-15-28(27)39(33(34)41)46(42,43)31-16-14-26(44-3)19-30(31)45-4/h5-16,18-19,29H,17,20H2,1-4H3/t29-,34?/m0/s1. The maximum atomic E-state index is 15.4. The summed E-state index contributed by atoms with van der Waals surface area (Å²) >= 11 is 12.9. The van der Waals surface area contributed by atoms with E-state index in [1.807, 2.05) is 24.3 Å². The predicted molar refractivity (Wildman–Crippen MR) is 176 cm³/mol. The number of ether oxygens (including phenoxy) is 2. The summed E-state index contributed by atoms with van der Waals surface area (Å²) in [6.45, 7) is 0.167. The Morgan fingerprint density at radius 3 is 2.22 bits per heavy atom.